The summed E-state index contributed by atoms with van der Waals surface area (Å²) < 4.78 is 14.9. The molecule has 0 atom stereocenters. The van der Waals surface area contributed by atoms with E-state index in [1.807, 2.05) is 17.9 Å². The van der Waals surface area contributed by atoms with Crippen LogP contribution >= 0.6 is 11.3 Å². The molecular formula is C20H21FN4O2S. The number of benzene rings is 1. The molecule has 0 saturated carbocycles. The van der Waals surface area contributed by atoms with E-state index in [1.165, 1.54) is 23.5 Å². The zero-order valence-electron chi connectivity index (χ0n) is 15.6. The van der Waals surface area contributed by atoms with Crippen molar-refractivity contribution in [3.8, 4) is 5.69 Å². The van der Waals surface area contributed by atoms with E-state index in [2.05, 4.69) is 10.4 Å². The van der Waals surface area contributed by atoms with E-state index < -0.39 is 0 Å². The average molecular weight is 400 g/mol. The van der Waals surface area contributed by atoms with Gasteiger partial charge in [-0.1, -0.05) is 0 Å². The second kappa shape index (κ2) is 7.71. The normalized spacial score (nSPS) is 14.0. The van der Waals surface area contributed by atoms with E-state index in [-0.39, 0.29) is 17.6 Å². The van der Waals surface area contributed by atoms with Crippen LogP contribution in [0.1, 0.15) is 34.6 Å². The molecule has 3 heterocycles. The van der Waals surface area contributed by atoms with Crippen LogP contribution in [-0.2, 0) is 4.79 Å². The lowest BCUT2D eigenvalue weighted by Crippen LogP contribution is -2.32. The molecule has 0 aliphatic carbocycles. The van der Waals surface area contributed by atoms with Crippen molar-refractivity contribution in [2.75, 3.05) is 19.6 Å². The van der Waals surface area contributed by atoms with Crippen LogP contribution in [0.15, 0.2) is 30.3 Å². The molecular weight excluding hydrogens is 379 g/mol. The first-order valence-electron chi connectivity index (χ1n) is 9.34. The highest BCUT2D eigenvalue weighted by molar-refractivity contribution is 7.20. The molecule has 0 unspecified atom stereocenters. The summed E-state index contributed by atoms with van der Waals surface area (Å²) in [7, 11) is 0. The zero-order valence-corrected chi connectivity index (χ0v) is 16.4. The first-order chi connectivity index (χ1) is 13.5. The molecule has 0 bridgehead atoms. The van der Waals surface area contributed by atoms with Gasteiger partial charge in [-0.2, -0.15) is 5.10 Å². The van der Waals surface area contributed by atoms with Crippen LogP contribution in [0.3, 0.4) is 0 Å². The number of carbonyl (C=O) groups is 2. The van der Waals surface area contributed by atoms with Crippen molar-refractivity contribution in [3.63, 3.8) is 0 Å². The summed E-state index contributed by atoms with van der Waals surface area (Å²) in [6, 6.07) is 7.91. The SMILES string of the molecule is Cc1nn(-c2ccc(F)cc2)c2sc(C(=O)NCCC(=O)N3CCCC3)cc12. The molecule has 6 nitrogen and oxygen atoms in total. The third-order valence-corrected chi connectivity index (χ3v) is 6.03. The number of rotatable bonds is 5. The number of carbonyl (C=O) groups excluding carboxylic acids is 2. The molecule has 2 amide bonds. The molecule has 0 spiro atoms. The highest BCUT2D eigenvalue weighted by Crippen LogP contribution is 2.30. The van der Waals surface area contributed by atoms with Gasteiger partial charge < -0.3 is 10.2 Å². The minimum atomic E-state index is -0.307. The molecule has 1 aliphatic heterocycles. The minimum Gasteiger partial charge on any atom is -0.351 e. The fraction of sp³-hybridized carbons (Fsp3) is 0.350. The molecule has 3 aromatic rings. The molecule has 1 aliphatic rings. The number of thiophene rings is 1. The molecule has 2 aromatic heterocycles. The number of hydrogen-bond acceptors (Lipinski definition) is 4. The first kappa shape index (κ1) is 18.6. The number of nitrogens with one attached hydrogen (secondary N) is 1. The molecule has 146 valence electrons. The molecule has 8 heteroatoms. The van der Waals surface area contributed by atoms with Crippen LogP contribution in [-0.4, -0.2) is 46.1 Å². The molecule has 1 saturated heterocycles. The topological polar surface area (TPSA) is 67.2 Å². The number of amides is 2. The number of halogens is 1. The summed E-state index contributed by atoms with van der Waals surface area (Å²) >= 11 is 1.34. The quantitative estimate of drug-likeness (QED) is 0.715. The van der Waals surface area contributed by atoms with Gasteiger partial charge in [-0.05, 0) is 50.1 Å². The molecule has 1 N–H and O–H groups in total. The Hall–Kier alpha value is -2.74. The fourth-order valence-electron chi connectivity index (χ4n) is 3.41. The van der Waals surface area contributed by atoms with Crippen molar-refractivity contribution in [1.82, 2.24) is 20.0 Å². The summed E-state index contributed by atoms with van der Waals surface area (Å²) in [6.07, 6.45) is 2.44. The summed E-state index contributed by atoms with van der Waals surface area (Å²) in [5, 5.41) is 8.23. The highest BCUT2D eigenvalue weighted by atomic mass is 32.1. The third kappa shape index (κ3) is 3.64. The second-order valence-electron chi connectivity index (χ2n) is 6.90. The number of hydrogen-bond donors (Lipinski definition) is 1. The van der Waals surface area contributed by atoms with Crippen LogP contribution in [0.2, 0.25) is 0 Å². The van der Waals surface area contributed by atoms with Gasteiger partial charge >= 0.3 is 0 Å². The van der Waals surface area contributed by atoms with E-state index in [4.69, 9.17) is 0 Å². The van der Waals surface area contributed by atoms with Gasteiger partial charge in [0, 0.05) is 31.4 Å². The Kier molecular flexibility index (Phi) is 5.13. The van der Waals surface area contributed by atoms with Gasteiger partial charge in [0.05, 0.1) is 16.3 Å². The van der Waals surface area contributed by atoms with Gasteiger partial charge in [-0.25, -0.2) is 9.07 Å². The van der Waals surface area contributed by atoms with Crippen molar-refractivity contribution < 1.29 is 14.0 Å². The Balaban J connectivity index is 1.46. The zero-order chi connectivity index (χ0) is 19.7. The highest BCUT2D eigenvalue weighted by Gasteiger charge is 2.19. The molecule has 1 aromatic carbocycles. The standard InChI is InChI=1S/C20H21FN4O2S/c1-13-16-12-17(19(27)22-9-8-18(26)24-10-2-3-11-24)28-20(16)25(23-13)15-6-4-14(21)5-7-15/h4-7,12H,2-3,8-11H2,1H3,(H,22,27). The first-order valence-corrected chi connectivity index (χ1v) is 10.2. The Morgan fingerprint density at radius 2 is 1.93 bits per heavy atom. The maximum Gasteiger partial charge on any atom is 0.261 e. The van der Waals surface area contributed by atoms with Gasteiger partial charge in [0.1, 0.15) is 10.6 Å². The predicted octanol–water partition coefficient (Wildman–Crippen LogP) is 3.28. The summed E-state index contributed by atoms with van der Waals surface area (Å²) in [5.74, 6) is -0.406. The van der Waals surface area contributed by atoms with Crippen molar-refractivity contribution in [3.05, 3.63) is 46.7 Å². The summed E-state index contributed by atoms with van der Waals surface area (Å²) in [6.45, 7) is 3.85. The molecule has 1 fully saturated rings. The van der Waals surface area contributed by atoms with Crippen molar-refractivity contribution >= 4 is 33.4 Å². The maximum absolute atomic E-state index is 13.2. The number of aryl methyl sites for hydroxylation is 1. The number of fused-ring (bicyclic) bond motifs is 1. The monoisotopic (exact) mass is 400 g/mol. The van der Waals surface area contributed by atoms with E-state index in [0.717, 1.165) is 47.5 Å². The lowest BCUT2D eigenvalue weighted by atomic mass is 10.3. The van der Waals surface area contributed by atoms with E-state index >= 15 is 0 Å². The van der Waals surface area contributed by atoms with Crippen LogP contribution in [0, 0.1) is 12.7 Å². The lowest BCUT2D eigenvalue weighted by molar-refractivity contribution is -0.129. The summed E-state index contributed by atoms with van der Waals surface area (Å²) in [4.78, 5) is 27.8. The van der Waals surface area contributed by atoms with E-state index in [9.17, 15) is 14.0 Å². The Labute approximate surface area is 165 Å². The third-order valence-electron chi connectivity index (χ3n) is 4.92. The molecule has 0 radical (unpaired) electrons. The number of likely N-dealkylation sites (tertiary alicyclic amines) is 1. The fourth-order valence-corrected chi connectivity index (χ4v) is 4.51. The van der Waals surface area contributed by atoms with Crippen LogP contribution < -0.4 is 5.32 Å². The number of aromatic nitrogens is 2. The van der Waals surface area contributed by atoms with Gasteiger partial charge in [0.25, 0.3) is 5.91 Å². The maximum atomic E-state index is 13.2. The Morgan fingerprint density at radius 1 is 1.21 bits per heavy atom. The van der Waals surface area contributed by atoms with Crippen molar-refractivity contribution in [2.24, 2.45) is 0 Å². The average Bonchev–Trinajstić information content (AvgIpc) is 3.41. The Morgan fingerprint density at radius 3 is 2.64 bits per heavy atom. The van der Waals surface area contributed by atoms with E-state index in [1.54, 1.807) is 16.8 Å². The van der Waals surface area contributed by atoms with Gasteiger partial charge in [-0.15, -0.1) is 11.3 Å². The van der Waals surface area contributed by atoms with Crippen molar-refractivity contribution in [1.29, 1.82) is 0 Å². The van der Waals surface area contributed by atoms with E-state index in [0.29, 0.717) is 17.8 Å². The summed E-state index contributed by atoms with van der Waals surface area (Å²) in [5.41, 5.74) is 1.54. The number of nitrogens with zero attached hydrogens (tertiary/aromatic N) is 3. The minimum absolute atomic E-state index is 0.0944. The molecule has 28 heavy (non-hydrogen) atoms. The van der Waals surface area contributed by atoms with Gasteiger partial charge in [-0.3, -0.25) is 9.59 Å². The van der Waals surface area contributed by atoms with Crippen LogP contribution in [0.25, 0.3) is 15.9 Å². The van der Waals surface area contributed by atoms with Crippen LogP contribution in [0.4, 0.5) is 4.39 Å². The second-order valence-corrected chi connectivity index (χ2v) is 7.93. The van der Waals surface area contributed by atoms with Crippen LogP contribution in [0.5, 0.6) is 0 Å². The Bertz CT molecular complexity index is 1020. The smallest absolute Gasteiger partial charge is 0.261 e. The lowest BCUT2D eigenvalue weighted by Gasteiger charge is -2.14. The predicted molar refractivity (Wildman–Crippen MR) is 106 cm³/mol. The van der Waals surface area contributed by atoms with Gasteiger partial charge in [0.2, 0.25) is 5.91 Å². The van der Waals surface area contributed by atoms with Crippen molar-refractivity contribution in [2.45, 2.75) is 26.2 Å². The van der Waals surface area contributed by atoms with Gasteiger partial charge in [0.15, 0.2) is 0 Å². The molecule has 4 rings (SSSR count). The largest absolute Gasteiger partial charge is 0.351 e.